The lowest BCUT2D eigenvalue weighted by molar-refractivity contribution is -0.134. The minimum Gasteiger partial charge on any atom is -0.375 e. The number of benzene rings is 1. The van der Waals surface area contributed by atoms with Crippen molar-refractivity contribution >= 4 is 17.7 Å². The second-order valence-electron chi connectivity index (χ2n) is 5.61. The van der Waals surface area contributed by atoms with Crippen molar-refractivity contribution in [3.05, 3.63) is 35.9 Å². The molecule has 0 N–H and O–H groups in total. The van der Waals surface area contributed by atoms with Crippen LogP contribution in [0.3, 0.4) is 0 Å². The fourth-order valence-corrected chi connectivity index (χ4v) is 3.80. The number of carbonyl (C=O) groups is 1. The Labute approximate surface area is 130 Å². The number of carbonyl (C=O) groups excluding carboxylic acids is 1. The first kappa shape index (κ1) is 14.9. The van der Waals surface area contributed by atoms with Crippen molar-refractivity contribution in [3.8, 4) is 0 Å². The van der Waals surface area contributed by atoms with E-state index >= 15 is 0 Å². The standard InChI is InChI=1S/C16H22N2O2S/c19-16(18-7-9-21-13-18)10-15-12-17(6-8-20-15)11-14-4-2-1-3-5-14/h1-5,15H,6-13H2/t15-/m1/s1. The number of hydrogen-bond acceptors (Lipinski definition) is 4. The molecule has 4 nitrogen and oxygen atoms in total. The van der Waals surface area contributed by atoms with Crippen LogP contribution in [0.2, 0.25) is 0 Å². The predicted octanol–water partition coefficient (Wildman–Crippen LogP) is 1.81. The second kappa shape index (κ2) is 7.29. The average molecular weight is 306 g/mol. The molecule has 3 rings (SSSR count). The number of rotatable bonds is 4. The number of nitrogens with zero attached hydrogens (tertiary/aromatic N) is 2. The molecule has 1 atom stereocenters. The van der Waals surface area contributed by atoms with E-state index in [-0.39, 0.29) is 12.0 Å². The molecule has 5 heteroatoms. The maximum absolute atomic E-state index is 12.2. The molecular formula is C16H22N2O2S. The molecule has 21 heavy (non-hydrogen) atoms. The van der Waals surface area contributed by atoms with Crippen molar-refractivity contribution in [3.63, 3.8) is 0 Å². The zero-order valence-corrected chi connectivity index (χ0v) is 13.1. The molecule has 2 aliphatic heterocycles. The number of thioether (sulfide) groups is 1. The molecule has 0 aliphatic carbocycles. The van der Waals surface area contributed by atoms with Gasteiger partial charge in [0.1, 0.15) is 0 Å². The van der Waals surface area contributed by atoms with Crippen LogP contribution in [0.5, 0.6) is 0 Å². The monoisotopic (exact) mass is 306 g/mol. The molecule has 0 radical (unpaired) electrons. The number of amides is 1. The third-order valence-corrected chi connectivity index (χ3v) is 4.95. The van der Waals surface area contributed by atoms with E-state index in [1.165, 1.54) is 5.56 Å². The molecule has 0 unspecified atom stereocenters. The molecule has 2 aliphatic rings. The molecule has 2 heterocycles. The Morgan fingerprint density at radius 3 is 2.90 bits per heavy atom. The maximum atomic E-state index is 12.2. The van der Waals surface area contributed by atoms with Gasteiger partial charge < -0.3 is 9.64 Å². The molecular weight excluding hydrogens is 284 g/mol. The van der Waals surface area contributed by atoms with Crippen LogP contribution < -0.4 is 0 Å². The molecule has 114 valence electrons. The van der Waals surface area contributed by atoms with Crippen molar-refractivity contribution in [1.29, 1.82) is 0 Å². The molecule has 0 aromatic heterocycles. The minimum atomic E-state index is 0.0422. The van der Waals surface area contributed by atoms with Crippen molar-refractivity contribution in [2.24, 2.45) is 0 Å². The van der Waals surface area contributed by atoms with E-state index in [1.54, 1.807) is 0 Å². The SMILES string of the molecule is O=C(C[C@@H]1CN(Cc2ccccc2)CCO1)N1CCSC1. The lowest BCUT2D eigenvalue weighted by atomic mass is 10.1. The minimum absolute atomic E-state index is 0.0422. The van der Waals surface area contributed by atoms with Gasteiger partial charge in [0.25, 0.3) is 0 Å². The quantitative estimate of drug-likeness (QED) is 0.849. The second-order valence-corrected chi connectivity index (χ2v) is 6.69. The Balaban J connectivity index is 1.49. The van der Waals surface area contributed by atoms with Gasteiger partial charge in [0.05, 0.1) is 25.0 Å². The zero-order valence-electron chi connectivity index (χ0n) is 12.2. The van der Waals surface area contributed by atoms with Crippen LogP contribution in [0.4, 0.5) is 0 Å². The summed E-state index contributed by atoms with van der Waals surface area (Å²) in [5.74, 6) is 2.16. The van der Waals surface area contributed by atoms with Crippen LogP contribution in [0.25, 0.3) is 0 Å². The van der Waals surface area contributed by atoms with Gasteiger partial charge in [0.2, 0.25) is 5.91 Å². The first-order valence-corrected chi connectivity index (χ1v) is 8.70. The summed E-state index contributed by atoms with van der Waals surface area (Å²) in [6.07, 6.45) is 0.562. The van der Waals surface area contributed by atoms with Gasteiger partial charge in [-0.2, -0.15) is 0 Å². The van der Waals surface area contributed by atoms with E-state index in [0.29, 0.717) is 6.42 Å². The van der Waals surface area contributed by atoms with Gasteiger partial charge in [0.15, 0.2) is 0 Å². The van der Waals surface area contributed by atoms with E-state index in [4.69, 9.17) is 4.74 Å². The molecule has 0 saturated carbocycles. The van der Waals surface area contributed by atoms with E-state index in [9.17, 15) is 4.79 Å². The summed E-state index contributed by atoms with van der Waals surface area (Å²) in [4.78, 5) is 16.5. The summed E-state index contributed by atoms with van der Waals surface area (Å²) in [6.45, 7) is 4.35. The van der Waals surface area contributed by atoms with Crippen LogP contribution in [-0.2, 0) is 16.1 Å². The Kier molecular flexibility index (Phi) is 5.17. The lowest BCUT2D eigenvalue weighted by Crippen LogP contribution is -2.44. The molecule has 1 aromatic carbocycles. The van der Waals surface area contributed by atoms with E-state index in [0.717, 1.165) is 44.4 Å². The summed E-state index contributed by atoms with van der Waals surface area (Å²) < 4.78 is 5.78. The van der Waals surface area contributed by atoms with Gasteiger partial charge in [-0.1, -0.05) is 30.3 Å². The predicted molar refractivity (Wildman–Crippen MR) is 85.1 cm³/mol. The summed E-state index contributed by atoms with van der Waals surface area (Å²) in [5.41, 5.74) is 1.32. The fraction of sp³-hybridized carbons (Fsp3) is 0.562. The summed E-state index contributed by atoms with van der Waals surface area (Å²) >= 11 is 1.83. The Hall–Kier alpha value is -1.04. The summed E-state index contributed by atoms with van der Waals surface area (Å²) in [6, 6.07) is 10.5. The van der Waals surface area contributed by atoms with Gasteiger partial charge in [-0.05, 0) is 5.56 Å². The molecule has 1 aromatic rings. The third kappa shape index (κ3) is 4.22. The smallest absolute Gasteiger partial charge is 0.225 e. The fourth-order valence-electron chi connectivity index (χ4n) is 2.82. The number of hydrogen-bond donors (Lipinski definition) is 0. The summed E-state index contributed by atoms with van der Waals surface area (Å²) in [5, 5.41) is 0. The largest absolute Gasteiger partial charge is 0.375 e. The highest BCUT2D eigenvalue weighted by Gasteiger charge is 2.26. The number of morpholine rings is 1. The molecule has 1 amide bonds. The highest BCUT2D eigenvalue weighted by molar-refractivity contribution is 7.99. The van der Waals surface area contributed by atoms with Gasteiger partial charge >= 0.3 is 0 Å². The third-order valence-electron chi connectivity index (χ3n) is 3.98. The van der Waals surface area contributed by atoms with E-state index in [1.807, 2.05) is 22.7 Å². The van der Waals surface area contributed by atoms with E-state index in [2.05, 4.69) is 29.2 Å². The van der Waals surface area contributed by atoms with Crippen LogP contribution in [0, 0.1) is 0 Å². The normalized spacial score (nSPS) is 23.4. The van der Waals surface area contributed by atoms with Gasteiger partial charge in [0, 0.05) is 31.9 Å². The van der Waals surface area contributed by atoms with Crippen molar-refractivity contribution in [1.82, 2.24) is 9.80 Å². The number of ether oxygens (including phenoxy) is 1. The molecule has 0 bridgehead atoms. The van der Waals surface area contributed by atoms with Crippen LogP contribution in [0.15, 0.2) is 30.3 Å². The van der Waals surface area contributed by atoms with Crippen molar-refractivity contribution < 1.29 is 9.53 Å². The van der Waals surface area contributed by atoms with Crippen LogP contribution in [-0.4, -0.2) is 59.7 Å². The van der Waals surface area contributed by atoms with Crippen molar-refractivity contribution in [2.45, 2.75) is 19.1 Å². The average Bonchev–Trinajstić information content (AvgIpc) is 3.03. The summed E-state index contributed by atoms with van der Waals surface area (Å²) in [7, 11) is 0. The highest BCUT2D eigenvalue weighted by atomic mass is 32.2. The Morgan fingerprint density at radius 2 is 2.14 bits per heavy atom. The van der Waals surface area contributed by atoms with Crippen molar-refractivity contribution in [2.75, 3.05) is 37.9 Å². The van der Waals surface area contributed by atoms with Gasteiger partial charge in [-0.25, -0.2) is 0 Å². The van der Waals surface area contributed by atoms with E-state index < -0.39 is 0 Å². The molecule has 0 spiro atoms. The lowest BCUT2D eigenvalue weighted by Gasteiger charge is -2.33. The Bertz CT molecular complexity index is 463. The topological polar surface area (TPSA) is 32.8 Å². The first-order valence-electron chi connectivity index (χ1n) is 7.54. The maximum Gasteiger partial charge on any atom is 0.225 e. The first-order chi connectivity index (χ1) is 10.3. The Morgan fingerprint density at radius 1 is 1.29 bits per heavy atom. The molecule has 2 fully saturated rings. The highest BCUT2D eigenvalue weighted by Crippen LogP contribution is 2.17. The van der Waals surface area contributed by atoms with Crippen LogP contribution in [0.1, 0.15) is 12.0 Å². The van der Waals surface area contributed by atoms with Gasteiger partial charge in [-0.3, -0.25) is 9.69 Å². The van der Waals surface area contributed by atoms with Gasteiger partial charge in [-0.15, -0.1) is 11.8 Å². The molecule has 2 saturated heterocycles. The van der Waals surface area contributed by atoms with Crippen LogP contribution >= 0.6 is 11.8 Å². The zero-order chi connectivity index (χ0) is 14.5.